The smallest absolute Gasteiger partial charge is 0.271 e. The number of nitro groups is 1. The molecule has 0 N–H and O–H groups in total. The Hall–Kier alpha value is -3.13. The predicted molar refractivity (Wildman–Crippen MR) is 98.0 cm³/mol. The molecule has 0 bridgehead atoms. The van der Waals surface area contributed by atoms with Crippen molar-refractivity contribution in [2.45, 2.75) is 20.8 Å². The van der Waals surface area contributed by atoms with Gasteiger partial charge >= 0.3 is 0 Å². The van der Waals surface area contributed by atoms with E-state index in [4.69, 9.17) is 20.9 Å². The monoisotopic (exact) mass is 389 g/mol. The number of nitrogens with zero attached hydrogens (tertiary/aromatic N) is 3. The molecule has 9 heteroatoms. The van der Waals surface area contributed by atoms with Crippen LogP contribution in [0.5, 0.6) is 5.75 Å². The number of aromatic nitrogens is 2. The van der Waals surface area contributed by atoms with E-state index < -0.39 is 4.92 Å². The lowest BCUT2D eigenvalue weighted by atomic mass is 10.1. The van der Waals surface area contributed by atoms with Gasteiger partial charge in [0.1, 0.15) is 11.5 Å². The van der Waals surface area contributed by atoms with Gasteiger partial charge in [-0.3, -0.25) is 19.5 Å². The first kappa shape index (κ1) is 18.7. The first-order valence-electron chi connectivity index (χ1n) is 8.00. The van der Waals surface area contributed by atoms with Crippen LogP contribution in [-0.4, -0.2) is 27.0 Å². The van der Waals surface area contributed by atoms with Crippen molar-refractivity contribution in [3.05, 3.63) is 68.2 Å². The first-order chi connectivity index (χ1) is 12.8. The summed E-state index contributed by atoms with van der Waals surface area (Å²) in [5.74, 6) is 1.22. The van der Waals surface area contributed by atoms with Crippen LogP contribution in [-0.2, 0) is 0 Å². The molecule has 8 nitrogen and oxygen atoms in total. The third kappa shape index (κ3) is 3.70. The number of rotatable bonds is 6. The average molecular weight is 390 g/mol. The molecule has 1 aromatic carbocycles. The molecule has 0 saturated heterocycles. The number of hydrogen-bond donors (Lipinski definition) is 0. The van der Waals surface area contributed by atoms with Crippen LogP contribution < -0.4 is 4.74 Å². The van der Waals surface area contributed by atoms with Crippen molar-refractivity contribution in [3.63, 3.8) is 0 Å². The van der Waals surface area contributed by atoms with Crippen LogP contribution in [0.4, 0.5) is 5.69 Å². The Bertz CT molecular complexity index is 1040. The Balaban J connectivity index is 1.78. The van der Waals surface area contributed by atoms with E-state index in [1.54, 1.807) is 19.1 Å². The zero-order valence-corrected chi connectivity index (χ0v) is 15.6. The van der Waals surface area contributed by atoms with Crippen LogP contribution in [0.15, 0.2) is 34.9 Å². The number of ether oxygens (including phenoxy) is 1. The van der Waals surface area contributed by atoms with E-state index in [1.807, 2.05) is 18.4 Å². The second-order valence-corrected chi connectivity index (χ2v) is 6.41. The lowest BCUT2D eigenvalue weighted by molar-refractivity contribution is -0.384. The molecule has 27 heavy (non-hydrogen) atoms. The minimum atomic E-state index is -0.554. The highest BCUT2D eigenvalue weighted by Gasteiger charge is 2.19. The number of non-ortho nitro benzene ring substituents is 1. The van der Waals surface area contributed by atoms with Gasteiger partial charge in [0.2, 0.25) is 5.78 Å². The van der Waals surface area contributed by atoms with Crippen molar-refractivity contribution in [1.82, 2.24) is 9.72 Å². The number of Topliss-reactive ketones (excluding diaryl/α,β-unsaturated/α-hetero) is 1. The number of carbonyl (C=O) groups excluding carboxylic acids is 1. The first-order valence-corrected chi connectivity index (χ1v) is 8.38. The summed E-state index contributed by atoms with van der Waals surface area (Å²) >= 11 is 5.98. The minimum absolute atomic E-state index is 0.0699. The Kier molecular flexibility index (Phi) is 5.00. The molecular weight excluding hydrogens is 374 g/mol. The lowest BCUT2D eigenvalue weighted by Crippen LogP contribution is -2.13. The highest BCUT2D eigenvalue weighted by Crippen LogP contribution is 2.29. The van der Waals surface area contributed by atoms with Gasteiger partial charge in [0.15, 0.2) is 12.4 Å². The van der Waals surface area contributed by atoms with Crippen LogP contribution in [0.25, 0.3) is 5.82 Å². The molecule has 140 valence electrons. The van der Waals surface area contributed by atoms with Gasteiger partial charge in [0, 0.05) is 35.2 Å². The molecule has 0 spiro atoms. The molecule has 2 heterocycles. The summed E-state index contributed by atoms with van der Waals surface area (Å²) < 4.78 is 12.4. The van der Waals surface area contributed by atoms with Gasteiger partial charge in [-0.25, -0.2) is 0 Å². The summed E-state index contributed by atoms with van der Waals surface area (Å²) in [6, 6.07) is 7.35. The molecule has 0 aliphatic carbocycles. The standard InChI is InChI=1S/C18H16ClN3O5/c1-10-6-14(12(3)21(10)18-7-11(2)27-20-18)16(23)9-26-17-5-4-13(22(24)25)8-15(17)19/h4-8H,9H2,1-3H3. The number of aryl methyl sites for hydroxylation is 2. The minimum Gasteiger partial charge on any atom is -0.484 e. The average Bonchev–Trinajstić information content (AvgIpc) is 3.16. The number of hydrogen-bond acceptors (Lipinski definition) is 6. The Labute approximate surface area is 159 Å². The van der Waals surface area contributed by atoms with Crippen LogP contribution >= 0.6 is 11.6 Å². The van der Waals surface area contributed by atoms with Gasteiger partial charge in [-0.1, -0.05) is 16.8 Å². The molecule has 0 amide bonds. The van der Waals surface area contributed by atoms with E-state index >= 15 is 0 Å². The van der Waals surface area contributed by atoms with Crippen molar-refractivity contribution >= 4 is 23.1 Å². The van der Waals surface area contributed by atoms with Crippen LogP contribution in [0.3, 0.4) is 0 Å². The summed E-state index contributed by atoms with van der Waals surface area (Å²) in [7, 11) is 0. The molecule has 0 unspecified atom stereocenters. The molecule has 0 radical (unpaired) electrons. The SMILES string of the molecule is Cc1cc(-n2c(C)cc(C(=O)COc3ccc([N+](=O)[O-])cc3Cl)c2C)no1. The zero-order chi connectivity index (χ0) is 19.7. The lowest BCUT2D eigenvalue weighted by Gasteiger charge is -2.08. The summed E-state index contributed by atoms with van der Waals surface area (Å²) in [5, 5.41) is 14.8. The van der Waals surface area contributed by atoms with Crippen LogP contribution in [0.1, 0.15) is 27.5 Å². The molecular formula is C18H16ClN3O5. The van der Waals surface area contributed by atoms with Gasteiger partial charge in [0.05, 0.1) is 9.95 Å². The zero-order valence-electron chi connectivity index (χ0n) is 14.9. The maximum absolute atomic E-state index is 12.6. The van der Waals surface area contributed by atoms with E-state index in [9.17, 15) is 14.9 Å². The molecule has 0 aliphatic heterocycles. The van der Waals surface area contributed by atoms with E-state index in [0.29, 0.717) is 22.8 Å². The fourth-order valence-electron chi connectivity index (χ4n) is 2.80. The summed E-state index contributed by atoms with van der Waals surface area (Å²) in [5.41, 5.74) is 1.89. The highest BCUT2D eigenvalue weighted by atomic mass is 35.5. The second kappa shape index (κ2) is 7.24. The Morgan fingerprint density at radius 3 is 2.63 bits per heavy atom. The predicted octanol–water partition coefficient (Wildman–Crippen LogP) is 4.21. The number of benzene rings is 1. The Morgan fingerprint density at radius 1 is 1.30 bits per heavy atom. The fourth-order valence-corrected chi connectivity index (χ4v) is 3.03. The van der Waals surface area contributed by atoms with Gasteiger partial charge in [-0.05, 0) is 32.9 Å². The van der Waals surface area contributed by atoms with E-state index in [1.165, 1.54) is 18.2 Å². The summed E-state index contributed by atoms with van der Waals surface area (Å²) in [6.45, 7) is 5.21. The third-order valence-electron chi connectivity index (χ3n) is 4.06. The number of halogens is 1. The van der Waals surface area contributed by atoms with Crippen molar-refractivity contribution < 1.29 is 19.0 Å². The van der Waals surface area contributed by atoms with Gasteiger partial charge in [-0.15, -0.1) is 0 Å². The summed E-state index contributed by atoms with van der Waals surface area (Å²) in [4.78, 5) is 22.8. The number of ketones is 1. The largest absolute Gasteiger partial charge is 0.484 e. The molecule has 2 aromatic heterocycles. The van der Waals surface area contributed by atoms with E-state index in [2.05, 4.69) is 5.16 Å². The fraction of sp³-hybridized carbons (Fsp3) is 0.222. The molecule has 0 atom stereocenters. The third-order valence-corrected chi connectivity index (χ3v) is 4.36. The van der Waals surface area contributed by atoms with E-state index in [0.717, 1.165) is 5.69 Å². The van der Waals surface area contributed by atoms with Crippen molar-refractivity contribution in [1.29, 1.82) is 0 Å². The quantitative estimate of drug-likeness (QED) is 0.355. The molecule has 0 aliphatic rings. The van der Waals surface area contributed by atoms with Gasteiger partial charge in [0.25, 0.3) is 5.69 Å². The highest BCUT2D eigenvalue weighted by molar-refractivity contribution is 6.32. The van der Waals surface area contributed by atoms with Gasteiger partial charge in [-0.2, -0.15) is 0 Å². The topological polar surface area (TPSA) is 100 Å². The molecule has 0 fully saturated rings. The number of carbonyl (C=O) groups is 1. The van der Waals surface area contributed by atoms with E-state index in [-0.39, 0.29) is 28.8 Å². The normalized spacial score (nSPS) is 10.8. The maximum Gasteiger partial charge on any atom is 0.271 e. The van der Waals surface area contributed by atoms with Crippen molar-refractivity contribution in [3.8, 4) is 11.6 Å². The summed E-state index contributed by atoms with van der Waals surface area (Å²) in [6.07, 6.45) is 0. The van der Waals surface area contributed by atoms with Crippen molar-refractivity contribution in [2.24, 2.45) is 0 Å². The maximum atomic E-state index is 12.6. The van der Waals surface area contributed by atoms with Gasteiger partial charge < -0.3 is 9.26 Å². The molecule has 0 saturated carbocycles. The Morgan fingerprint density at radius 2 is 2.04 bits per heavy atom. The van der Waals surface area contributed by atoms with Crippen molar-refractivity contribution in [2.75, 3.05) is 6.61 Å². The number of nitro benzene ring substituents is 1. The second-order valence-electron chi connectivity index (χ2n) is 6.00. The molecule has 3 aromatic rings. The molecule has 3 rings (SSSR count). The van der Waals surface area contributed by atoms with Crippen LogP contribution in [0, 0.1) is 30.9 Å². The van der Waals surface area contributed by atoms with Crippen LogP contribution in [0.2, 0.25) is 5.02 Å².